The number of ether oxygens (including phenoxy) is 1. The standard InChI is InChI=1S/C18H18N4O2/c19-9-14-2-1-3-15(8-14)17(23)16-11-21-18(22-12-16)20-10-13-4-6-24-7-5-13/h1-3,8,11-13H,4-7,10H2,(H,20,21,22). The highest BCUT2D eigenvalue weighted by molar-refractivity contribution is 6.08. The molecule has 0 spiro atoms. The lowest BCUT2D eigenvalue weighted by molar-refractivity contribution is 0.0699. The second-order valence-electron chi connectivity index (χ2n) is 5.75. The van der Waals surface area contributed by atoms with E-state index in [0.29, 0.717) is 28.6 Å². The number of benzene rings is 1. The van der Waals surface area contributed by atoms with Crippen LogP contribution in [0, 0.1) is 17.2 Å². The molecule has 1 aliphatic rings. The fraction of sp³-hybridized carbons (Fsp3) is 0.333. The Balaban J connectivity index is 1.63. The molecule has 0 atom stereocenters. The minimum Gasteiger partial charge on any atom is -0.381 e. The van der Waals surface area contributed by atoms with Gasteiger partial charge in [-0.1, -0.05) is 12.1 Å². The summed E-state index contributed by atoms with van der Waals surface area (Å²) < 4.78 is 5.34. The van der Waals surface area contributed by atoms with Gasteiger partial charge >= 0.3 is 0 Å². The number of nitrogens with zero attached hydrogens (tertiary/aromatic N) is 3. The number of nitriles is 1. The van der Waals surface area contributed by atoms with E-state index in [2.05, 4.69) is 15.3 Å². The third kappa shape index (κ3) is 3.94. The average molecular weight is 322 g/mol. The summed E-state index contributed by atoms with van der Waals surface area (Å²) >= 11 is 0. The van der Waals surface area contributed by atoms with Gasteiger partial charge in [-0.25, -0.2) is 9.97 Å². The monoisotopic (exact) mass is 322 g/mol. The van der Waals surface area contributed by atoms with E-state index in [1.165, 1.54) is 12.4 Å². The van der Waals surface area contributed by atoms with E-state index in [-0.39, 0.29) is 5.78 Å². The van der Waals surface area contributed by atoms with Gasteiger partial charge in [-0.2, -0.15) is 5.26 Å². The number of aromatic nitrogens is 2. The maximum absolute atomic E-state index is 12.4. The van der Waals surface area contributed by atoms with Gasteiger partial charge in [0.05, 0.1) is 17.2 Å². The van der Waals surface area contributed by atoms with Gasteiger partial charge in [0.15, 0.2) is 5.78 Å². The molecule has 6 nitrogen and oxygen atoms in total. The Bertz CT molecular complexity index is 746. The first-order valence-electron chi connectivity index (χ1n) is 7.95. The molecule has 3 rings (SSSR count). The first-order chi connectivity index (χ1) is 11.8. The van der Waals surface area contributed by atoms with E-state index in [0.717, 1.165) is 32.6 Å². The van der Waals surface area contributed by atoms with Crippen LogP contribution in [0.4, 0.5) is 5.95 Å². The molecule has 0 saturated carbocycles. The van der Waals surface area contributed by atoms with Gasteiger partial charge in [0, 0.05) is 37.7 Å². The Kier molecular flexibility index (Phi) is 5.14. The molecule has 0 aliphatic carbocycles. The minimum atomic E-state index is -0.192. The van der Waals surface area contributed by atoms with Gasteiger partial charge in [0.25, 0.3) is 0 Å². The summed E-state index contributed by atoms with van der Waals surface area (Å²) in [7, 11) is 0. The second kappa shape index (κ2) is 7.66. The number of carbonyl (C=O) groups excluding carboxylic acids is 1. The molecule has 1 aromatic carbocycles. The van der Waals surface area contributed by atoms with Crippen molar-refractivity contribution in [1.82, 2.24) is 9.97 Å². The van der Waals surface area contributed by atoms with Gasteiger partial charge in [-0.15, -0.1) is 0 Å². The minimum absolute atomic E-state index is 0.192. The van der Waals surface area contributed by atoms with Crippen molar-refractivity contribution in [1.29, 1.82) is 5.26 Å². The molecule has 0 amide bonds. The largest absolute Gasteiger partial charge is 0.381 e. The van der Waals surface area contributed by atoms with Crippen molar-refractivity contribution in [2.75, 3.05) is 25.1 Å². The molecule has 1 N–H and O–H groups in total. The summed E-state index contributed by atoms with van der Waals surface area (Å²) in [6.07, 6.45) is 5.11. The third-order valence-corrected chi connectivity index (χ3v) is 4.06. The number of hydrogen-bond acceptors (Lipinski definition) is 6. The SMILES string of the molecule is N#Cc1cccc(C(=O)c2cnc(NCC3CCOCC3)nc2)c1. The molecule has 2 aromatic rings. The molecule has 6 heteroatoms. The van der Waals surface area contributed by atoms with Crippen LogP contribution in [0.25, 0.3) is 0 Å². The summed E-state index contributed by atoms with van der Waals surface area (Å²) in [4.78, 5) is 20.8. The lowest BCUT2D eigenvalue weighted by atomic mass is 10.0. The number of anilines is 1. The average Bonchev–Trinajstić information content (AvgIpc) is 2.67. The van der Waals surface area contributed by atoms with Crippen LogP contribution in [0.1, 0.15) is 34.3 Å². The van der Waals surface area contributed by atoms with Gasteiger partial charge < -0.3 is 10.1 Å². The molecule has 122 valence electrons. The Hall–Kier alpha value is -2.78. The Morgan fingerprint density at radius 3 is 2.71 bits per heavy atom. The highest BCUT2D eigenvalue weighted by atomic mass is 16.5. The summed E-state index contributed by atoms with van der Waals surface area (Å²) in [5.74, 6) is 0.893. The Labute approximate surface area is 140 Å². The predicted molar refractivity (Wildman–Crippen MR) is 88.7 cm³/mol. The van der Waals surface area contributed by atoms with Gasteiger partial charge in [-0.3, -0.25) is 4.79 Å². The number of nitrogens with one attached hydrogen (secondary N) is 1. The van der Waals surface area contributed by atoms with Crippen LogP contribution in [0.3, 0.4) is 0 Å². The van der Waals surface area contributed by atoms with Gasteiger partial charge in [0.2, 0.25) is 5.95 Å². The first-order valence-corrected chi connectivity index (χ1v) is 7.95. The van der Waals surface area contributed by atoms with Crippen molar-refractivity contribution < 1.29 is 9.53 Å². The summed E-state index contributed by atoms with van der Waals surface area (Å²) in [6, 6.07) is 8.63. The van der Waals surface area contributed by atoms with E-state index < -0.39 is 0 Å². The van der Waals surface area contributed by atoms with E-state index in [9.17, 15) is 4.79 Å². The van der Waals surface area contributed by atoms with Gasteiger partial charge in [-0.05, 0) is 30.9 Å². The number of carbonyl (C=O) groups is 1. The number of rotatable bonds is 5. The smallest absolute Gasteiger partial charge is 0.222 e. The quantitative estimate of drug-likeness (QED) is 0.851. The maximum Gasteiger partial charge on any atom is 0.222 e. The fourth-order valence-electron chi connectivity index (χ4n) is 2.62. The molecule has 1 fully saturated rings. The first kappa shape index (κ1) is 16.1. The third-order valence-electron chi connectivity index (χ3n) is 4.06. The molecule has 1 aromatic heterocycles. The van der Waals surface area contributed by atoms with E-state index in [1.54, 1.807) is 24.3 Å². The molecule has 24 heavy (non-hydrogen) atoms. The van der Waals surface area contributed by atoms with Crippen molar-refractivity contribution in [3.8, 4) is 6.07 Å². The van der Waals surface area contributed by atoms with E-state index >= 15 is 0 Å². The second-order valence-corrected chi connectivity index (χ2v) is 5.75. The van der Waals surface area contributed by atoms with Gasteiger partial charge in [0.1, 0.15) is 0 Å². The molecule has 1 saturated heterocycles. The number of ketones is 1. The zero-order valence-corrected chi connectivity index (χ0v) is 13.2. The Morgan fingerprint density at radius 2 is 2.00 bits per heavy atom. The van der Waals surface area contributed by atoms with Crippen LogP contribution in [-0.2, 0) is 4.74 Å². The summed E-state index contributed by atoms with van der Waals surface area (Å²) in [6.45, 7) is 2.42. The summed E-state index contributed by atoms with van der Waals surface area (Å²) in [5, 5.41) is 12.1. The molecular formula is C18H18N4O2. The van der Waals surface area contributed by atoms with Crippen molar-refractivity contribution in [3.63, 3.8) is 0 Å². The fourth-order valence-corrected chi connectivity index (χ4v) is 2.62. The van der Waals surface area contributed by atoms with Crippen molar-refractivity contribution >= 4 is 11.7 Å². The number of hydrogen-bond donors (Lipinski definition) is 1. The summed E-state index contributed by atoms with van der Waals surface area (Å²) in [5.41, 5.74) is 1.32. The van der Waals surface area contributed by atoms with Crippen LogP contribution < -0.4 is 5.32 Å². The highest BCUT2D eigenvalue weighted by Crippen LogP contribution is 2.15. The normalized spacial score (nSPS) is 14.8. The molecular weight excluding hydrogens is 304 g/mol. The maximum atomic E-state index is 12.4. The van der Waals surface area contributed by atoms with E-state index in [1.807, 2.05) is 6.07 Å². The van der Waals surface area contributed by atoms with Crippen LogP contribution in [0.2, 0.25) is 0 Å². The van der Waals surface area contributed by atoms with Crippen LogP contribution >= 0.6 is 0 Å². The van der Waals surface area contributed by atoms with Crippen molar-refractivity contribution in [2.24, 2.45) is 5.92 Å². The Morgan fingerprint density at radius 1 is 1.25 bits per heavy atom. The molecule has 0 bridgehead atoms. The molecule has 2 heterocycles. The van der Waals surface area contributed by atoms with Crippen molar-refractivity contribution in [3.05, 3.63) is 53.3 Å². The molecule has 1 aliphatic heterocycles. The van der Waals surface area contributed by atoms with Crippen LogP contribution in [-0.4, -0.2) is 35.5 Å². The highest BCUT2D eigenvalue weighted by Gasteiger charge is 2.14. The van der Waals surface area contributed by atoms with Crippen LogP contribution in [0.15, 0.2) is 36.7 Å². The lowest BCUT2D eigenvalue weighted by Crippen LogP contribution is -2.23. The lowest BCUT2D eigenvalue weighted by Gasteiger charge is -2.22. The van der Waals surface area contributed by atoms with Crippen LogP contribution in [0.5, 0.6) is 0 Å². The topological polar surface area (TPSA) is 87.9 Å². The zero-order valence-electron chi connectivity index (χ0n) is 13.2. The zero-order chi connectivity index (χ0) is 16.8. The molecule has 0 unspecified atom stereocenters. The predicted octanol–water partition coefficient (Wildman–Crippen LogP) is 2.42. The van der Waals surface area contributed by atoms with E-state index in [4.69, 9.17) is 10.00 Å². The molecule has 0 radical (unpaired) electrons. The van der Waals surface area contributed by atoms with Crippen molar-refractivity contribution in [2.45, 2.75) is 12.8 Å².